The fourth-order valence-corrected chi connectivity index (χ4v) is 5.16. The lowest BCUT2D eigenvalue weighted by Gasteiger charge is -2.25. The average Bonchev–Trinajstić information content (AvgIpc) is 3.16. The molecule has 2 aromatic heterocycles. The van der Waals surface area contributed by atoms with Crippen molar-refractivity contribution >= 4 is 32.5 Å². The van der Waals surface area contributed by atoms with Crippen LogP contribution in [0.15, 0.2) is 48.8 Å². The molecule has 3 aromatic rings. The van der Waals surface area contributed by atoms with Crippen LogP contribution >= 0.6 is 11.3 Å². The number of carbonyl (C=O) groups excluding carboxylic acids is 1. The molecule has 1 aliphatic carbocycles. The van der Waals surface area contributed by atoms with E-state index >= 15 is 0 Å². The quantitative estimate of drug-likeness (QED) is 0.464. The monoisotopic (exact) mass is 423 g/mol. The summed E-state index contributed by atoms with van der Waals surface area (Å²) in [5.41, 5.74) is 0.888. The molecule has 30 heavy (non-hydrogen) atoms. The van der Waals surface area contributed by atoms with Crippen LogP contribution in [0.25, 0.3) is 10.1 Å². The van der Waals surface area contributed by atoms with E-state index in [-0.39, 0.29) is 0 Å². The molecule has 1 atom stereocenters. The topological polar surface area (TPSA) is 63.3 Å². The Hall–Kier alpha value is -2.44. The molecule has 158 valence electrons. The number of ether oxygens (including phenoxy) is 1. The summed E-state index contributed by atoms with van der Waals surface area (Å²) in [7, 11) is 0. The van der Waals surface area contributed by atoms with Crippen molar-refractivity contribution in [3.8, 4) is 5.75 Å². The van der Waals surface area contributed by atoms with E-state index in [2.05, 4.69) is 22.5 Å². The molecule has 0 bridgehead atoms. The van der Waals surface area contributed by atoms with Crippen molar-refractivity contribution in [2.24, 2.45) is 5.92 Å². The normalized spacial score (nSPS) is 15.8. The third kappa shape index (κ3) is 5.58. The number of hydrogen-bond donors (Lipinski definition) is 2. The van der Waals surface area contributed by atoms with Crippen molar-refractivity contribution in [3.63, 3.8) is 0 Å². The van der Waals surface area contributed by atoms with Gasteiger partial charge in [-0.3, -0.25) is 10.3 Å². The first kappa shape index (κ1) is 20.8. The minimum Gasteiger partial charge on any atom is -0.410 e. The SMILES string of the molecule is CC(CC1CCCCC1)NCc1cnccc1OC(=O)Nc1cc2ccccc2s1. The summed E-state index contributed by atoms with van der Waals surface area (Å²) in [6, 6.07) is 12.2. The van der Waals surface area contributed by atoms with Gasteiger partial charge in [0.2, 0.25) is 0 Å². The minimum absolute atomic E-state index is 0.425. The first-order chi connectivity index (χ1) is 14.7. The Balaban J connectivity index is 1.32. The van der Waals surface area contributed by atoms with Crippen molar-refractivity contribution < 1.29 is 9.53 Å². The predicted octanol–water partition coefficient (Wildman–Crippen LogP) is 6.36. The molecule has 0 radical (unpaired) electrons. The second-order valence-electron chi connectivity index (χ2n) is 8.17. The van der Waals surface area contributed by atoms with E-state index in [9.17, 15) is 4.79 Å². The Kier molecular flexibility index (Phi) is 6.97. The van der Waals surface area contributed by atoms with Gasteiger partial charge in [-0.1, -0.05) is 50.3 Å². The van der Waals surface area contributed by atoms with Gasteiger partial charge < -0.3 is 10.1 Å². The molecule has 6 heteroatoms. The predicted molar refractivity (Wildman–Crippen MR) is 123 cm³/mol. The van der Waals surface area contributed by atoms with Gasteiger partial charge in [-0.05, 0) is 42.8 Å². The van der Waals surface area contributed by atoms with Crippen molar-refractivity contribution in [1.29, 1.82) is 0 Å². The number of pyridine rings is 1. The Bertz CT molecular complexity index is 948. The third-order valence-electron chi connectivity index (χ3n) is 5.76. The lowest BCUT2D eigenvalue weighted by atomic mass is 9.85. The average molecular weight is 424 g/mol. The minimum atomic E-state index is -0.482. The van der Waals surface area contributed by atoms with Crippen molar-refractivity contribution in [1.82, 2.24) is 10.3 Å². The van der Waals surface area contributed by atoms with Crippen LogP contribution in [0.1, 0.15) is 51.0 Å². The standard InChI is InChI=1S/C24H29N3O2S/c1-17(13-18-7-3-2-4-8-18)26-16-20-15-25-12-11-21(20)29-24(28)27-23-14-19-9-5-6-10-22(19)30-23/h5-6,9-12,14-15,17-18,26H,2-4,7-8,13,16H2,1H3,(H,27,28). The number of nitrogens with one attached hydrogen (secondary N) is 2. The van der Waals surface area contributed by atoms with Gasteiger partial charge in [0.1, 0.15) is 5.75 Å². The molecule has 2 heterocycles. The summed E-state index contributed by atoms with van der Waals surface area (Å²) in [4.78, 5) is 16.7. The number of rotatable bonds is 7. The first-order valence-corrected chi connectivity index (χ1v) is 11.6. The number of fused-ring (bicyclic) bond motifs is 1. The van der Waals surface area contributed by atoms with Gasteiger partial charge >= 0.3 is 6.09 Å². The van der Waals surface area contributed by atoms with Gasteiger partial charge in [-0.15, -0.1) is 11.3 Å². The second kappa shape index (κ2) is 10.0. The largest absolute Gasteiger partial charge is 0.417 e. The maximum absolute atomic E-state index is 12.4. The van der Waals surface area contributed by atoms with E-state index in [4.69, 9.17) is 4.74 Å². The van der Waals surface area contributed by atoms with Gasteiger partial charge in [-0.25, -0.2) is 4.79 Å². The summed E-state index contributed by atoms with van der Waals surface area (Å²) < 4.78 is 6.74. The first-order valence-electron chi connectivity index (χ1n) is 10.8. The van der Waals surface area contributed by atoms with Crippen molar-refractivity contribution in [2.75, 3.05) is 5.32 Å². The maximum atomic E-state index is 12.4. The van der Waals surface area contributed by atoms with Crippen molar-refractivity contribution in [2.45, 2.75) is 58.0 Å². The zero-order valence-electron chi connectivity index (χ0n) is 17.4. The summed E-state index contributed by atoms with van der Waals surface area (Å²) in [5, 5.41) is 8.30. The number of aromatic nitrogens is 1. The Labute approximate surface area is 181 Å². The fourth-order valence-electron chi connectivity index (χ4n) is 4.21. The number of hydrogen-bond acceptors (Lipinski definition) is 5. The Morgan fingerprint density at radius 3 is 2.90 bits per heavy atom. The highest BCUT2D eigenvalue weighted by Crippen LogP contribution is 2.30. The number of benzene rings is 1. The van der Waals surface area contributed by atoms with Gasteiger partial charge in [0, 0.05) is 35.2 Å². The smallest absolute Gasteiger partial charge is 0.410 e. The number of carbonyl (C=O) groups is 1. The summed E-state index contributed by atoms with van der Waals surface area (Å²) in [6.45, 7) is 2.87. The molecule has 2 N–H and O–H groups in total. The van der Waals surface area contributed by atoms with E-state index < -0.39 is 6.09 Å². The van der Waals surface area contributed by atoms with Crippen LogP contribution in [0.3, 0.4) is 0 Å². The number of thiophene rings is 1. The number of anilines is 1. The second-order valence-corrected chi connectivity index (χ2v) is 9.25. The van der Waals surface area contributed by atoms with Gasteiger partial charge in [0.25, 0.3) is 0 Å². The molecule has 1 aromatic carbocycles. The van der Waals surface area contributed by atoms with Crippen LogP contribution < -0.4 is 15.4 Å². The van der Waals surface area contributed by atoms with E-state index in [0.717, 1.165) is 26.6 Å². The molecule has 1 saturated carbocycles. The molecule has 0 aliphatic heterocycles. The lowest BCUT2D eigenvalue weighted by Crippen LogP contribution is -2.29. The highest BCUT2D eigenvalue weighted by atomic mass is 32.1. The van der Waals surface area contributed by atoms with Crippen LogP contribution in [-0.2, 0) is 6.54 Å². The molecular weight excluding hydrogens is 394 g/mol. The molecule has 5 nitrogen and oxygen atoms in total. The molecule has 1 fully saturated rings. The van der Waals surface area contributed by atoms with Gasteiger partial charge in [-0.2, -0.15) is 0 Å². The highest BCUT2D eigenvalue weighted by Gasteiger charge is 2.17. The third-order valence-corrected chi connectivity index (χ3v) is 6.80. The Morgan fingerprint density at radius 1 is 1.23 bits per heavy atom. The van der Waals surface area contributed by atoms with E-state index in [1.165, 1.54) is 49.9 Å². The molecule has 1 aliphatic rings. The molecule has 0 spiro atoms. The number of amides is 1. The van der Waals surface area contributed by atoms with Crippen molar-refractivity contribution in [3.05, 3.63) is 54.4 Å². The number of nitrogens with zero attached hydrogens (tertiary/aromatic N) is 1. The van der Waals surface area contributed by atoms with Gasteiger partial charge in [0.05, 0.1) is 5.00 Å². The zero-order valence-corrected chi connectivity index (χ0v) is 18.2. The zero-order chi connectivity index (χ0) is 20.8. The van der Waals surface area contributed by atoms with Gasteiger partial charge in [0.15, 0.2) is 0 Å². The van der Waals surface area contributed by atoms with Crippen LogP contribution in [0, 0.1) is 5.92 Å². The summed E-state index contributed by atoms with van der Waals surface area (Å²) in [6.07, 6.45) is 11.0. The lowest BCUT2D eigenvalue weighted by molar-refractivity contribution is 0.214. The molecule has 0 saturated heterocycles. The summed E-state index contributed by atoms with van der Waals surface area (Å²) >= 11 is 1.53. The maximum Gasteiger partial charge on any atom is 0.417 e. The fraction of sp³-hybridized carbons (Fsp3) is 0.417. The summed E-state index contributed by atoms with van der Waals surface area (Å²) in [5.74, 6) is 1.37. The molecule has 1 amide bonds. The van der Waals surface area contributed by atoms with E-state index in [0.29, 0.717) is 18.3 Å². The van der Waals surface area contributed by atoms with Crippen LogP contribution in [0.4, 0.5) is 9.80 Å². The molecule has 1 unspecified atom stereocenters. The highest BCUT2D eigenvalue weighted by molar-refractivity contribution is 7.22. The van der Waals surface area contributed by atoms with Crippen LogP contribution in [0.5, 0.6) is 5.75 Å². The van der Waals surface area contributed by atoms with Crippen LogP contribution in [0.2, 0.25) is 0 Å². The van der Waals surface area contributed by atoms with E-state index in [1.54, 1.807) is 18.5 Å². The van der Waals surface area contributed by atoms with Crippen LogP contribution in [-0.4, -0.2) is 17.1 Å². The molecule has 4 rings (SSSR count). The Morgan fingerprint density at radius 2 is 2.07 bits per heavy atom. The molecular formula is C24H29N3O2S. The van der Waals surface area contributed by atoms with E-state index in [1.807, 2.05) is 30.3 Å².